The molecule has 0 unspecified atom stereocenters. The molecule has 0 radical (unpaired) electrons. The molecule has 0 atom stereocenters. The summed E-state index contributed by atoms with van der Waals surface area (Å²) < 4.78 is 34.2. The molecule has 2 amide bonds. The maximum Gasteiger partial charge on any atom is 0.291 e. The molecule has 178 valence electrons. The van der Waals surface area contributed by atoms with Crippen molar-refractivity contribution in [3.05, 3.63) is 65.4 Å². The van der Waals surface area contributed by atoms with Crippen LogP contribution < -0.4 is 5.32 Å². The average Bonchev–Trinajstić information content (AvgIpc) is 3.22. The average molecular weight is 468 g/mol. The zero-order valence-electron chi connectivity index (χ0n) is 18.9. The predicted molar refractivity (Wildman–Crippen MR) is 125 cm³/mol. The van der Waals surface area contributed by atoms with Crippen molar-refractivity contribution < 1.29 is 22.8 Å². The van der Waals surface area contributed by atoms with Crippen molar-refractivity contribution >= 4 is 28.5 Å². The highest BCUT2D eigenvalue weighted by Gasteiger charge is 2.32. The Morgan fingerprint density at radius 3 is 2.26 bits per heavy atom. The monoisotopic (exact) mass is 467 g/mol. The highest BCUT2D eigenvalue weighted by Crippen LogP contribution is 2.33. The van der Waals surface area contributed by atoms with E-state index in [-0.39, 0.29) is 17.4 Å². The zero-order valence-corrected chi connectivity index (χ0v) is 18.9. The molecule has 2 aromatic carbocycles. The lowest BCUT2D eigenvalue weighted by Gasteiger charge is -2.40. The minimum absolute atomic E-state index is 0.0253. The van der Waals surface area contributed by atoms with E-state index in [1.54, 1.807) is 29.2 Å². The Bertz CT molecular complexity index is 1190. The number of furan rings is 1. The Hall–Kier alpha value is -3.26. The summed E-state index contributed by atoms with van der Waals surface area (Å²) in [5.41, 5.74) is -0.154. The van der Waals surface area contributed by atoms with Gasteiger partial charge in [-0.05, 0) is 63.0 Å². The van der Waals surface area contributed by atoms with Crippen LogP contribution in [0.3, 0.4) is 0 Å². The van der Waals surface area contributed by atoms with Crippen molar-refractivity contribution in [3.8, 4) is 0 Å². The predicted octanol–water partition coefficient (Wildman–Crippen LogP) is 5.05. The molecule has 2 aliphatic rings. The van der Waals surface area contributed by atoms with Crippen LogP contribution in [0.5, 0.6) is 0 Å². The first kappa shape index (κ1) is 22.5. The van der Waals surface area contributed by atoms with E-state index in [9.17, 15) is 18.4 Å². The van der Waals surface area contributed by atoms with Gasteiger partial charge in [-0.25, -0.2) is 8.78 Å². The number of carbonyl (C=O) groups excluding carboxylic acids is 2. The second kappa shape index (κ2) is 9.54. The molecule has 0 spiro atoms. The Balaban J connectivity index is 1.39. The fourth-order valence-electron chi connectivity index (χ4n) is 5.07. The third-order valence-electron chi connectivity index (χ3n) is 6.88. The van der Waals surface area contributed by atoms with Gasteiger partial charge >= 0.3 is 0 Å². The third kappa shape index (κ3) is 4.30. The van der Waals surface area contributed by atoms with Crippen LogP contribution in [0.1, 0.15) is 53.0 Å². The molecular weight excluding hydrogens is 440 g/mol. The number of piperidine rings is 2. The Kier molecular flexibility index (Phi) is 6.32. The van der Waals surface area contributed by atoms with Crippen LogP contribution in [0, 0.1) is 11.6 Å². The molecule has 34 heavy (non-hydrogen) atoms. The summed E-state index contributed by atoms with van der Waals surface area (Å²) in [5.74, 6) is -3.28. The SMILES string of the molecule is O=C(Nc1c(C(=O)N2CCC(N3CCCCC3)CC2)oc2ccccc12)c1c(F)cccc1F. The number of carbonyl (C=O) groups is 2. The molecule has 8 heteroatoms. The van der Waals surface area contributed by atoms with E-state index in [2.05, 4.69) is 10.2 Å². The minimum Gasteiger partial charge on any atom is -0.449 e. The van der Waals surface area contributed by atoms with Gasteiger partial charge in [-0.3, -0.25) is 9.59 Å². The number of hydrogen-bond donors (Lipinski definition) is 1. The first-order valence-corrected chi connectivity index (χ1v) is 11.8. The van der Waals surface area contributed by atoms with Crippen molar-refractivity contribution in [2.75, 3.05) is 31.5 Å². The minimum atomic E-state index is -0.974. The van der Waals surface area contributed by atoms with Crippen molar-refractivity contribution in [2.24, 2.45) is 0 Å². The lowest BCUT2D eigenvalue weighted by atomic mass is 9.99. The van der Waals surface area contributed by atoms with Crippen molar-refractivity contribution in [2.45, 2.75) is 38.1 Å². The number of nitrogens with zero attached hydrogens (tertiary/aromatic N) is 2. The van der Waals surface area contributed by atoms with Gasteiger partial charge in [0.05, 0.1) is 0 Å². The van der Waals surface area contributed by atoms with Gasteiger partial charge in [0.1, 0.15) is 28.5 Å². The standard InChI is InChI=1S/C26H27F2N3O3/c27-19-8-6-9-20(28)22(19)25(32)29-23-18-7-2-3-10-21(18)34-24(23)26(33)31-15-11-17(12-16-31)30-13-4-1-5-14-30/h2-3,6-10,17H,1,4-5,11-16H2,(H,29,32). The smallest absolute Gasteiger partial charge is 0.291 e. The Morgan fingerprint density at radius 1 is 0.882 bits per heavy atom. The van der Waals surface area contributed by atoms with Gasteiger partial charge in [-0.1, -0.05) is 24.6 Å². The number of halogens is 2. The molecule has 0 saturated carbocycles. The molecule has 0 bridgehead atoms. The molecule has 3 heterocycles. The number of para-hydroxylation sites is 1. The topological polar surface area (TPSA) is 65.8 Å². The van der Waals surface area contributed by atoms with Crippen LogP contribution in [0.15, 0.2) is 46.9 Å². The number of hydrogen-bond acceptors (Lipinski definition) is 4. The van der Waals surface area contributed by atoms with Crippen LogP contribution in [0.25, 0.3) is 11.0 Å². The van der Waals surface area contributed by atoms with Gasteiger partial charge < -0.3 is 19.5 Å². The normalized spacial score (nSPS) is 17.8. The molecule has 3 aromatic rings. The van der Waals surface area contributed by atoms with E-state index < -0.39 is 23.1 Å². The van der Waals surface area contributed by atoms with Crippen LogP contribution >= 0.6 is 0 Å². The molecule has 2 fully saturated rings. The number of nitrogens with one attached hydrogen (secondary N) is 1. The van der Waals surface area contributed by atoms with Gasteiger partial charge in [-0.15, -0.1) is 0 Å². The molecule has 0 aliphatic carbocycles. The summed E-state index contributed by atoms with van der Waals surface area (Å²) in [6, 6.07) is 10.6. The summed E-state index contributed by atoms with van der Waals surface area (Å²) in [5, 5.41) is 3.04. The first-order valence-electron chi connectivity index (χ1n) is 11.8. The Morgan fingerprint density at radius 2 is 1.56 bits per heavy atom. The second-order valence-electron chi connectivity index (χ2n) is 8.97. The van der Waals surface area contributed by atoms with Crippen LogP contribution in [0.4, 0.5) is 14.5 Å². The number of likely N-dealkylation sites (tertiary alicyclic amines) is 2. The van der Waals surface area contributed by atoms with Crippen molar-refractivity contribution in [1.29, 1.82) is 0 Å². The van der Waals surface area contributed by atoms with Crippen LogP contribution in [-0.2, 0) is 0 Å². The lowest BCUT2D eigenvalue weighted by Crippen LogP contribution is -2.48. The van der Waals surface area contributed by atoms with Crippen molar-refractivity contribution in [3.63, 3.8) is 0 Å². The highest BCUT2D eigenvalue weighted by atomic mass is 19.1. The number of amides is 2. The van der Waals surface area contributed by atoms with Gasteiger partial charge in [0, 0.05) is 24.5 Å². The lowest BCUT2D eigenvalue weighted by molar-refractivity contribution is 0.0565. The number of fused-ring (bicyclic) bond motifs is 1. The summed E-state index contributed by atoms with van der Waals surface area (Å²) >= 11 is 0. The summed E-state index contributed by atoms with van der Waals surface area (Å²) in [6.07, 6.45) is 5.50. The van der Waals surface area contributed by atoms with E-state index in [4.69, 9.17) is 4.42 Å². The van der Waals surface area contributed by atoms with E-state index in [1.807, 2.05) is 0 Å². The van der Waals surface area contributed by atoms with E-state index in [0.717, 1.165) is 38.1 Å². The maximum absolute atomic E-state index is 14.2. The zero-order chi connectivity index (χ0) is 23.7. The number of benzene rings is 2. The second-order valence-corrected chi connectivity index (χ2v) is 8.97. The van der Waals surface area contributed by atoms with E-state index in [1.165, 1.54) is 25.3 Å². The van der Waals surface area contributed by atoms with Crippen molar-refractivity contribution in [1.82, 2.24) is 9.80 Å². The van der Waals surface area contributed by atoms with Crippen LogP contribution in [0.2, 0.25) is 0 Å². The molecular formula is C26H27F2N3O3. The van der Waals surface area contributed by atoms with E-state index >= 15 is 0 Å². The van der Waals surface area contributed by atoms with Gasteiger partial charge in [-0.2, -0.15) is 0 Å². The molecule has 2 saturated heterocycles. The molecule has 6 nitrogen and oxygen atoms in total. The van der Waals surface area contributed by atoms with Gasteiger partial charge in [0.15, 0.2) is 0 Å². The highest BCUT2D eigenvalue weighted by molar-refractivity contribution is 6.14. The summed E-state index contributed by atoms with van der Waals surface area (Å²) in [7, 11) is 0. The largest absolute Gasteiger partial charge is 0.449 e. The number of anilines is 1. The van der Waals surface area contributed by atoms with Gasteiger partial charge in [0.25, 0.3) is 11.8 Å². The fourth-order valence-corrected chi connectivity index (χ4v) is 5.07. The number of rotatable bonds is 4. The van der Waals surface area contributed by atoms with Gasteiger partial charge in [0.2, 0.25) is 5.76 Å². The quantitative estimate of drug-likeness (QED) is 0.583. The maximum atomic E-state index is 14.2. The first-order chi connectivity index (χ1) is 16.5. The molecule has 5 rings (SSSR count). The molecule has 1 aromatic heterocycles. The summed E-state index contributed by atoms with van der Waals surface area (Å²) in [6.45, 7) is 3.41. The fraction of sp³-hybridized carbons (Fsp3) is 0.385. The summed E-state index contributed by atoms with van der Waals surface area (Å²) in [4.78, 5) is 30.5. The molecule has 1 N–H and O–H groups in total. The van der Waals surface area contributed by atoms with Crippen LogP contribution in [-0.4, -0.2) is 53.8 Å². The molecule has 2 aliphatic heterocycles. The Labute approximate surface area is 196 Å². The third-order valence-corrected chi connectivity index (χ3v) is 6.88. The van der Waals surface area contributed by atoms with E-state index in [0.29, 0.717) is 30.1 Å².